The van der Waals surface area contributed by atoms with Crippen molar-refractivity contribution < 1.29 is 15.0 Å². The highest BCUT2D eigenvalue weighted by Crippen LogP contribution is 1.88. The maximum absolute atomic E-state index is 9.97. The second kappa shape index (κ2) is 4.08. The van der Waals surface area contributed by atoms with E-state index in [-0.39, 0.29) is 6.54 Å². The van der Waals surface area contributed by atoms with Gasteiger partial charge in [-0.25, -0.2) is 4.79 Å². The van der Waals surface area contributed by atoms with Crippen molar-refractivity contribution >= 4 is 6.09 Å². The van der Waals surface area contributed by atoms with Gasteiger partial charge in [0.2, 0.25) is 0 Å². The van der Waals surface area contributed by atoms with Crippen LogP contribution in [-0.4, -0.2) is 35.0 Å². The Morgan fingerprint density at radius 1 is 1.80 bits per heavy atom. The summed E-state index contributed by atoms with van der Waals surface area (Å²) in [5.41, 5.74) is 5.07. The number of hydrogen-bond donors (Lipinski definition) is 4. The van der Waals surface area contributed by atoms with Gasteiger partial charge in [0, 0.05) is 6.54 Å². The molecule has 5 N–H and O–H groups in total. The molecule has 0 heterocycles. The number of nitrogens with one attached hydrogen (secondary N) is 1. The lowest BCUT2D eigenvalue weighted by Crippen LogP contribution is -2.43. The van der Waals surface area contributed by atoms with E-state index in [0.29, 0.717) is 0 Å². The number of carbonyl (C=O) groups is 1. The van der Waals surface area contributed by atoms with E-state index in [0.717, 1.165) is 0 Å². The molecule has 0 aromatic rings. The molecule has 5 nitrogen and oxygen atoms in total. The summed E-state index contributed by atoms with van der Waals surface area (Å²) in [5, 5.41) is 19.2. The van der Waals surface area contributed by atoms with Gasteiger partial charge in [0.15, 0.2) is 0 Å². The molecule has 0 aromatic carbocycles. The van der Waals surface area contributed by atoms with E-state index >= 15 is 0 Å². The van der Waals surface area contributed by atoms with Gasteiger partial charge in [-0.1, -0.05) is 0 Å². The summed E-state index contributed by atoms with van der Waals surface area (Å²) in [4.78, 5) is 9.97. The molecule has 0 aliphatic heterocycles. The quantitative estimate of drug-likeness (QED) is 0.411. The molecule has 0 bridgehead atoms. The van der Waals surface area contributed by atoms with E-state index in [4.69, 9.17) is 15.9 Å². The minimum Gasteiger partial charge on any atom is -0.465 e. The molecule has 2 atom stereocenters. The molecule has 0 saturated heterocycles. The minimum absolute atomic E-state index is 0.0570. The summed E-state index contributed by atoms with van der Waals surface area (Å²) in [6.45, 7) is 1.60. The fourth-order valence-corrected chi connectivity index (χ4v) is 0.495. The summed E-state index contributed by atoms with van der Waals surface area (Å²) in [6, 6.07) is -0.512. The van der Waals surface area contributed by atoms with Gasteiger partial charge in [-0.05, 0) is 6.92 Å². The Bertz CT molecular complexity index is 117. The van der Waals surface area contributed by atoms with Crippen LogP contribution in [0, 0.1) is 0 Å². The molecule has 0 radical (unpaired) electrons. The van der Waals surface area contributed by atoms with E-state index in [2.05, 4.69) is 5.32 Å². The fourth-order valence-electron chi connectivity index (χ4n) is 0.495. The molecular formula is C5H12N2O3. The molecule has 0 rings (SSSR count). The summed E-state index contributed by atoms with van der Waals surface area (Å²) < 4.78 is 0. The van der Waals surface area contributed by atoms with Crippen LogP contribution >= 0.6 is 0 Å². The van der Waals surface area contributed by atoms with Crippen molar-refractivity contribution in [3.63, 3.8) is 0 Å². The van der Waals surface area contributed by atoms with Gasteiger partial charge in [-0.3, -0.25) is 0 Å². The molecule has 0 spiro atoms. The number of aliphatic hydroxyl groups is 1. The monoisotopic (exact) mass is 148 g/mol. The number of carboxylic acid groups (broad SMARTS) is 1. The summed E-state index contributed by atoms with van der Waals surface area (Å²) >= 11 is 0. The second-order valence-corrected chi connectivity index (χ2v) is 2.04. The van der Waals surface area contributed by atoms with Crippen molar-refractivity contribution in [2.45, 2.75) is 19.1 Å². The molecule has 0 aliphatic carbocycles. The number of aliphatic hydroxyl groups excluding tert-OH is 1. The Morgan fingerprint density at radius 2 is 2.30 bits per heavy atom. The van der Waals surface area contributed by atoms with Crippen LogP contribution in [0.1, 0.15) is 6.92 Å². The zero-order chi connectivity index (χ0) is 8.15. The van der Waals surface area contributed by atoms with Crippen molar-refractivity contribution in [2.24, 2.45) is 5.73 Å². The van der Waals surface area contributed by atoms with Crippen LogP contribution in [0.25, 0.3) is 0 Å². The number of amides is 1. The lowest BCUT2D eigenvalue weighted by atomic mass is 10.2. The van der Waals surface area contributed by atoms with E-state index < -0.39 is 18.2 Å². The summed E-state index contributed by atoms with van der Waals surface area (Å²) in [6.07, 6.45) is -1.96. The van der Waals surface area contributed by atoms with Gasteiger partial charge >= 0.3 is 6.09 Å². The maximum Gasteiger partial charge on any atom is 0.404 e. The van der Waals surface area contributed by atoms with E-state index in [9.17, 15) is 4.79 Å². The molecule has 1 amide bonds. The minimum atomic E-state index is -1.15. The van der Waals surface area contributed by atoms with Crippen molar-refractivity contribution in [2.75, 3.05) is 6.54 Å². The SMILES string of the molecule is C[C@H](NC(=O)O)C(O)CN. The molecule has 10 heavy (non-hydrogen) atoms. The van der Waals surface area contributed by atoms with Crippen LogP contribution in [0.4, 0.5) is 4.79 Å². The lowest BCUT2D eigenvalue weighted by Gasteiger charge is -2.15. The van der Waals surface area contributed by atoms with Crippen LogP contribution in [0.3, 0.4) is 0 Å². The molecule has 0 saturated carbocycles. The van der Waals surface area contributed by atoms with Crippen molar-refractivity contribution in [3.05, 3.63) is 0 Å². The van der Waals surface area contributed by atoms with Crippen LogP contribution in [-0.2, 0) is 0 Å². The average molecular weight is 148 g/mol. The van der Waals surface area contributed by atoms with Gasteiger partial charge in [-0.2, -0.15) is 0 Å². The molecular weight excluding hydrogens is 136 g/mol. The van der Waals surface area contributed by atoms with Crippen molar-refractivity contribution in [1.82, 2.24) is 5.32 Å². The third-order valence-electron chi connectivity index (χ3n) is 1.17. The van der Waals surface area contributed by atoms with E-state index in [1.54, 1.807) is 6.92 Å². The Balaban J connectivity index is 3.61. The molecule has 1 unspecified atom stereocenters. The highest BCUT2D eigenvalue weighted by atomic mass is 16.4. The summed E-state index contributed by atoms with van der Waals surface area (Å²) in [5.74, 6) is 0. The van der Waals surface area contributed by atoms with Crippen LogP contribution < -0.4 is 11.1 Å². The zero-order valence-corrected chi connectivity index (χ0v) is 5.74. The van der Waals surface area contributed by atoms with E-state index in [1.807, 2.05) is 0 Å². The van der Waals surface area contributed by atoms with Crippen LogP contribution in [0.5, 0.6) is 0 Å². The Hall–Kier alpha value is -0.810. The van der Waals surface area contributed by atoms with Crippen molar-refractivity contribution in [3.8, 4) is 0 Å². The predicted molar refractivity (Wildman–Crippen MR) is 35.7 cm³/mol. The fraction of sp³-hybridized carbons (Fsp3) is 0.800. The predicted octanol–water partition coefficient (Wildman–Crippen LogP) is -1.04. The maximum atomic E-state index is 9.97. The largest absolute Gasteiger partial charge is 0.465 e. The molecule has 60 valence electrons. The first-order chi connectivity index (χ1) is 4.57. The van der Waals surface area contributed by atoms with Gasteiger partial charge in [0.05, 0.1) is 12.1 Å². The molecule has 0 fully saturated rings. The van der Waals surface area contributed by atoms with Gasteiger partial charge in [-0.15, -0.1) is 0 Å². The Kier molecular flexibility index (Phi) is 3.75. The van der Waals surface area contributed by atoms with Gasteiger partial charge < -0.3 is 21.3 Å². The van der Waals surface area contributed by atoms with E-state index in [1.165, 1.54) is 0 Å². The number of nitrogens with two attached hydrogens (primary N) is 1. The molecule has 0 aromatic heterocycles. The second-order valence-electron chi connectivity index (χ2n) is 2.04. The Labute approximate surface area is 58.8 Å². The smallest absolute Gasteiger partial charge is 0.404 e. The normalized spacial score (nSPS) is 15.9. The topological polar surface area (TPSA) is 95.6 Å². The standard InChI is InChI=1S/C5H12N2O3/c1-3(4(8)2-6)7-5(9)10/h3-4,7-8H,2,6H2,1H3,(H,9,10)/t3-,4?/m0/s1. The lowest BCUT2D eigenvalue weighted by molar-refractivity contribution is 0.132. The molecule has 5 heteroatoms. The highest BCUT2D eigenvalue weighted by Gasteiger charge is 2.13. The van der Waals surface area contributed by atoms with Crippen LogP contribution in [0.15, 0.2) is 0 Å². The zero-order valence-electron chi connectivity index (χ0n) is 5.74. The third-order valence-corrected chi connectivity index (χ3v) is 1.17. The number of hydrogen-bond acceptors (Lipinski definition) is 3. The first-order valence-electron chi connectivity index (χ1n) is 2.95. The first kappa shape index (κ1) is 9.19. The third kappa shape index (κ3) is 3.26. The van der Waals surface area contributed by atoms with Crippen molar-refractivity contribution in [1.29, 1.82) is 0 Å². The Morgan fingerprint density at radius 3 is 2.60 bits per heavy atom. The summed E-state index contributed by atoms with van der Waals surface area (Å²) in [7, 11) is 0. The van der Waals surface area contributed by atoms with Gasteiger partial charge in [0.1, 0.15) is 0 Å². The number of rotatable bonds is 3. The molecule has 0 aliphatic rings. The first-order valence-corrected chi connectivity index (χ1v) is 2.95. The average Bonchev–Trinajstić information content (AvgIpc) is 1.85. The van der Waals surface area contributed by atoms with Gasteiger partial charge in [0.25, 0.3) is 0 Å². The highest BCUT2D eigenvalue weighted by molar-refractivity contribution is 5.64. The van der Waals surface area contributed by atoms with Crippen LogP contribution in [0.2, 0.25) is 0 Å².